The van der Waals surface area contributed by atoms with Crippen LogP contribution in [0.1, 0.15) is 12.0 Å². The molecule has 94 valence electrons. The molecule has 1 fully saturated rings. The predicted molar refractivity (Wildman–Crippen MR) is 83.9 cm³/mol. The van der Waals surface area contributed by atoms with Crippen LogP contribution < -0.4 is 0 Å². The van der Waals surface area contributed by atoms with Crippen LogP contribution >= 0.6 is 34.7 Å². The van der Waals surface area contributed by atoms with Crippen molar-refractivity contribution in [1.29, 1.82) is 0 Å². The summed E-state index contributed by atoms with van der Waals surface area (Å²) in [5.41, 5.74) is 2.77. The van der Waals surface area contributed by atoms with Crippen molar-refractivity contribution in [3.63, 3.8) is 0 Å². The second kappa shape index (κ2) is 5.68. The molecule has 1 aromatic heterocycles. The van der Waals surface area contributed by atoms with Crippen molar-refractivity contribution < 1.29 is 0 Å². The highest BCUT2D eigenvalue weighted by molar-refractivity contribution is 7.99. The van der Waals surface area contributed by atoms with Crippen LogP contribution in [-0.2, 0) is 6.42 Å². The highest BCUT2D eigenvalue weighted by Crippen LogP contribution is 2.32. The minimum absolute atomic E-state index is 0.804. The molecular formula is C15H15ClS2. The molecular weight excluding hydrogens is 280 g/mol. The lowest BCUT2D eigenvalue weighted by Crippen LogP contribution is -2.00. The van der Waals surface area contributed by atoms with E-state index in [4.69, 9.17) is 11.6 Å². The lowest BCUT2D eigenvalue weighted by atomic mass is 10.0. The fourth-order valence-electron chi connectivity index (χ4n) is 2.33. The molecule has 0 amide bonds. The molecule has 0 nitrogen and oxygen atoms in total. The Kier molecular flexibility index (Phi) is 3.97. The van der Waals surface area contributed by atoms with Crippen LogP contribution in [0, 0.1) is 5.92 Å². The van der Waals surface area contributed by atoms with Crippen LogP contribution in [0.2, 0.25) is 5.02 Å². The van der Waals surface area contributed by atoms with Gasteiger partial charge < -0.3 is 0 Å². The van der Waals surface area contributed by atoms with E-state index in [9.17, 15) is 0 Å². The number of hydrogen-bond donors (Lipinski definition) is 0. The van der Waals surface area contributed by atoms with Gasteiger partial charge in [0.15, 0.2) is 0 Å². The second-order valence-corrected chi connectivity index (χ2v) is 7.26. The largest absolute Gasteiger partial charge is 0.162 e. The Morgan fingerprint density at radius 1 is 1.22 bits per heavy atom. The van der Waals surface area contributed by atoms with Gasteiger partial charge in [-0.15, -0.1) is 11.3 Å². The average molecular weight is 295 g/mol. The van der Waals surface area contributed by atoms with Crippen LogP contribution in [0.25, 0.3) is 10.4 Å². The monoisotopic (exact) mass is 294 g/mol. The SMILES string of the molecule is Clc1ccc(-c2cc(CC3CCSC3)cs2)cc1. The lowest BCUT2D eigenvalue weighted by Gasteiger charge is -2.04. The van der Waals surface area contributed by atoms with E-state index >= 15 is 0 Å². The Bertz CT molecular complexity index is 510. The van der Waals surface area contributed by atoms with Crippen molar-refractivity contribution in [2.24, 2.45) is 5.92 Å². The maximum absolute atomic E-state index is 5.92. The molecule has 0 radical (unpaired) electrons. The van der Waals surface area contributed by atoms with Crippen LogP contribution in [0.4, 0.5) is 0 Å². The number of halogens is 1. The van der Waals surface area contributed by atoms with Gasteiger partial charge in [-0.05, 0) is 65.0 Å². The molecule has 2 heterocycles. The van der Waals surface area contributed by atoms with Crippen LogP contribution in [0.3, 0.4) is 0 Å². The average Bonchev–Trinajstić information content (AvgIpc) is 3.02. The van der Waals surface area contributed by atoms with E-state index in [2.05, 4.69) is 35.3 Å². The van der Waals surface area contributed by atoms with Crippen molar-refractivity contribution in [3.8, 4) is 10.4 Å². The van der Waals surface area contributed by atoms with Gasteiger partial charge >= 0.3 is 0 Å². The van der Waals surface area contributed by atoms with Gasteiger partial charge in [-0.2, -0.15) is 11.8 Å². The van der Waals surface area contributed by atoms with Gasteiger partial charge in [0.2, 0.25) is 0 Å². The van der Waals surface area contributed by atoms with Crippen LogP contribution in [-0.4, -0.2) is 11.5 Å². The minimum atomic E-state index is 0.804. The van der Waals surface area contributed by atoms with Gasteiger partial charge in [-0.3, -0.25) is 0 Å². The van der Waals surface area contributed by atoms with Crippen molar-refractivity contribution in [2.75, 3.05) is 11.5 Å². The Morgan fingerprint density at radius 2 is 2.06 bits per heavy atom. The second-order valence-electron chi connectivity index (χ2n) is 4.76. The quantitative estimate of drug-likeness (QED) is 0.734. The summed E-state index contributed by atoms with van der Waals surface area (Å²) in [5, 5.41) is 3.12. The normalized spacial score (nSPS) is 19.3. The Hall–Kier alpha value is -0.440. The third kappa shape index (κ3) is 2.93. The smallest absolute Gasteiger partial charge is 0.0406 e. The first kappa shape index (κ1) is 12.6. The molecule has 1 saturated heterocycles. The molecule has 1 atom stereocenters. The molecule has 0 spiro atoms. The van der Waals surface area contributed by atoms with Gasteiger partial charge in [0.25, 0.3) is 0 Å². The maximum atomic E-state index is 5.92. The third-order valence-corrected chi connectivity index (χ3v) is 5.84. The first-order valence-corrected chi connectivity index (χ1v) is 8.63. The minimum Gasteiger partial charge on any atom is -0.162 e. The summed E-state index contributed by atoms with van der Waals surface area (Å²) in [7, 11) is 0. The first-order chi connectivity index (χ1) is 8.81. The van der Waals surface area contributed by atoms with Gasteiger partial charge in [0.05, 0.1) is 0 Å². The molecule has 1 aliphatic heterocycles. The fraction of sp³-hybridized carbons (Fsp3) is 0.333. The summed E-state index contributed by atoms with van der Waals surface area (Å²) in [6.07, 6.45) is 2.63. The highest BCUT2D eigenvalue weighted by atomic mass is 35.5. The first-order valence-electron chi connectivity index (χ1n) is 6.22. The zero-order chi connectivity index (χ0) is 12.4. The zero-order valence-electron chi connectivity index (χ0n) is 10.1. The van der Waals surface area contributed by atoms with Gasteiger partial charge in [-0.25, -0.2) is 0 Å². The van der Waals surface area contributed by atoms with Gasteiger partial charge in [0, 0.05) is 9.90 Å². The molecule has 3 heteroatoms. The van der Waals surface area contributed by atoms with E-state index in [1.165, 1.54) is 40.4 Å². The summed E-state index contributed by atoms with van der Waals surface area (Å²) >= 11 is 9.86. The standard InChI is InChI=1S/C15H15ClS2/c16-14-3-1-13(2-4-14)15-8-12(10-18-15)7-11-5-6-17-9-11/h1-4,8,10-11H,5-7,9H2. The Morgan fingerprint density at radius 3 is 2.78 bits per heavy atom. The molecule has 1 aromatic carbocycles. The van der Waals surface area contributed by atoms with E-state index in [1.54, 1.807) is 0 Å². The van der Waals surface area contributed by atoms with E-state index in [-0.39, 0.29) is 0 Å². The summed E-state index contributed by atoms with van der Waals surface area (Å²) in [6, 6.07) is 10.5. The van der Waals surface area contributed by atoms with E-state index < -0.39 is 0 Å². The Labute approximate surface area is 121 Å². The lowest BCUT2D eigenvalue weighted by molar-refractivity contribution is 0.597. The molecule has 0 saturated carbocycles. The summed E-state index contributed by atoms with van der Waals surface area (Å²) in [5.74, 6) is 3.58. The number of hydrogen-bond acceptors (Lipinski definition) is 2. The van der Waals surface area contributed by atoms with Crippen molar-refractivity contribution >= 4 is 34.7 Å². The van der Waals surface area contributed by atoms with Crippen molar-refractivity contribution in [1.82, 2.24) is 0 Å². The fourth-order valence-corrected chi connectivity index (χ4v) is 4.67. The molecule has 0 N–H and O–H groups in total. The Balaban J connectivity index is 1.74. The molecule has 1 aliphatic rings. The summed E-state index contributed by atoms with van der Waals surface area (Å²) in [6.45, 7) is 0. The number of benzene rings is 1. The molecule has 0 bridgehead atoms. The number of rotatable bonds is 3. The van der Waals surface area contributed by atoms with Crippen molar-refractivity contribution in [2.45, 2.75) is 12.8 Å². The summed E-state index contributed by atoms with van der Waals surface area (Å²) < 4.78 is 0. The number of thioether (sulfide) groups is 1. The molecule has 3 rings (SSSR count). The molecule has 18 heavy (non-hydrogen) atoms. The number of thiophene rings is 1. The van der Waals surface area contributed by atoms with Gasteiger partial charge in [-0.1, -0.05) is 23.7 Å². The van der Waals surface area contributed by atoms with Gasteiger partial charge in [0.1, 0.15) is 0 Å². The maximum Gasteiger partial charge on any atom is 0.0406 e. The highest BCUT2D eigenvalue weighted by Gasteiger charge is 2.16. The van der Waals surface area contributed by atoms with Crippen LogP contribution in [0.5, 0.6) is 0 Å². The third-order valence-electron chi connectivity index (χ3n) is 3.33. The summed E-state index contributed by atoms with van der Waals surface area (Å²) in [4.78, 5) is 1.35. The van der Waals surface area contributed by atoms with E-state index in [1.807, 2.05) is 23.5 Å². The van der Waals surface area contributed by atoms with E-state index in [0.717, 1.165) is 10.9 Å². The van der Waals surface area contributed by atoms with Crippen molar-refractivity contribution in [3.05, 3.63) is 46.3 Å². The predicted octanol–water partition coefficient (Wildman–Crippen LogP) is 5.36. The molecule has 1 unspecified atom stereocenters. The molecule has 2 aromatic rings. The molecule has 0 aliphatic carbocycles. The van der Waals surface area contributed by atoms with E-state index in [0.29, 0.717) is 0 Å². The topological polar surface area (TPSA) is 0 Å². The zero-order valence-corrected chi connectivity index (χ0v) is 12.5. The van der Waals surface area contributed by atoms with Crippen LogP contribution in [0.15, 0.2) is 35.7 Å².